The van der Waals surface area contributed by atoms with E-state index in [0.717, 1.165) is 11.3 Å². The molecule has 0 spiro atoms. The summed E-state index contributed by atoms with van der Waals surface area (Å²) in [5.41, 5.74) is 2.34. The maximum Gasteiger partial charge on any atom is 0.133 e. The van der Waals surface area contributed by atoms with Crippen LogP contribution in [0.3, 0.4) is 0 Å². The van der Waals surface area contributed by atoms with E-state index in [1.807, 2.05) is 25.3 Å². The van der Waals surface area contributed by atoms with E-state index in [-0.39, 0.29) is 0 Å². The first-order chi connectivity index (χ1) is 7.50. The van der Waals surface area contributed by atoms with E-state index in [1.165, 1.54) is 4.88 Å². The summed E-state index contributed by atoms with van der Waals surface area (Å²) in [6.07, 6.45) is -0.689. The molecule has 1 N–H and O–H groups in total. The van der Waals surface area contributed by atoms with Gasteiger partial charge in [0.05, 0.1) is 5.69 Å². The largest absolute Gasteiger partial charge is 0.383 e. The van der Waals surface area contributed by atoms with Crippen molar-refractivity contribution in [3.05, 3.63) is 38.3 Å². The molecule has 2 aromatic heterocycles. The highest BCUT2D eigenvalue weighted by Gasteiger charge is 2.21. The molecule has 0 aromatic carbocycles. The number of halogens is 1. The summed E-state index contributed by atoms with van der Waals surface area (Å²) < 4.78 is 1.58. The van der Waals surface area contributed by atoms with Crippen molar-refractivity contribution in [2.75, 3.05) is 0 Å². The van der Waals surface area contributed by atoms with Gasteiger partial charge in [0, 0.05) is 17.5 Å². The fourth-order valence-corrected chi connectivity index (χ4v) is 2.73. The van der Waals surface area contributed by atoms with E-state index in [4.69, 9.17) is 11.6 Å². The molecule has 0 aliphatic rings. The van der Waals surface area contributed by atoms with E-state index in [1.54, 1.807) is 23.1 Å². The molecule has 86 valence electrons. The Labute approximate surface area is 103 Å². The van der Waals surface area contributed by atoms with Crippen LogP contribution in [0, 0.1) is 13.8 Å². The van der Waals surface area contributed by atoms with Gasteiger partial charge in [0.25, 0.3) is 0 Å². The molecule has 0 radical (unpaired) electrons. The molecule has 2 aromatic rings. The lowest BCUT2D eigenvalue weighted by atomic mass is 10.1. The zero-order valence-corrected chi connectivity index (χ0v) is 10.9. The highest BCUT2D eigenvalue weighted by atomic mass is 35.5. The second kappa shape index (κ2) is 4.20. The van der Waals surface area contributed by atoms with E-state index in [9.17, 15) is 5.11 Å². The predicted octanol–water partition coefficient (Wildman–Crippen LogP) is 2.83. The summed E-state index contributed by atoms with van der Waals surface area (Å²) in [4.78, 5) is 1.17. The maximum atomic E-state index is 10.2. The lowest BCUT2D eigenvalue weighted by Gasteiger charge is -2.08. The molecule has 5 heteroatoms. The van der Waals surface area contributed by atoms with Gasteiger partial charge in [-0.15, -0.1) is 11.3 Å². The minimum Gasteiger partial charge on any atom is -0.383 e. The average molecular weight is 257 g/mol. The van der Waals surface area contributed by atoms with Gasteiger partial charge < -0.3 is 5.11 Å². The summed E-state index contributed by atoms with van der Waals surface area (Å²) in [5, 5.41) is 16.9. The van der Waals surface area contributed by atoms with Crippen molar-refractivity contribution in [2.24, 2.45) is 7.05 Å². The number of rotatable bonds is 2. The fraction of sp³-hybridized carbons (Fsp3) is 0.364. The fourth-order valence-electron chi connectivity index (χ4n) is 1.73. The molecule has 1 atom stereocenters. The number of thiophene rings is 1. The summed E-state index contributed by atoms with van der Waals surface area (Å²) in [6.45, 7) is 3.86. The van der Waals surface area contributed by atoms with Crippen molar-refractivity contribution < 1.29 is 5.11 Å². The van der Waals surface area contributed by atoms with Crippen molar-refractivity contribution in [1.29, 1.82) is 0 Å². The van der Waals surface area contributed by atoms with Crippen molar-refractivity contribution in [1.82, 2.24) is 9.78 Å². The first kappa shape index (κ1) is 11.6. The summed E-state index contributed by atoms with van der Waals surface area (Å²) in [6, 6.07) is 1.97. The molecule has 16 heavy (non-hydrogen) atoms. The van der Waals surface area contributed by atoms with E-state index in [2.05, 4.69) is 5.10 Å². The Morgan fingerprint density at radius 2 is 2.19 bits per heavy atom. The topological polar surface area (TPSA) is 38.1 Å². The van der Waals surface area contributed by atoms with Crippen LogP contribution < -0.4 is 0 Å². The Kier molecular flexibility index (Phi) is 3.06. The molecule has 0 amide bonds. The quantitative estimate of drug-likeness (QED) is 0.897. The number of aliphatic hydroxyl groups is 1. The third kappa shape index (κ3) is 1.88. The van der Waals surface area contributed by atoms with Gasteiger partial charge in [-0.25, -0.2) is 0 Å². The first-order valence-electron chi connectivity index (χ1n) is 4.92. The third-order valence-electron chi connectivity index (χ3n) is 2.54. The van der Waals surface area contributed by atoms with Crippen molar-refractivity contribution >= 4 is 22.9 Å². The van der Waals surface area contributed by atoms with Gasteiger partial charge in [-0.1, -0.05) is 11.6 Å². The monoisotopic (exact) mass is 256 g/mol. The molecule has 0 aliphatic carbocycles. The summed E-state index contributed by atoms with van der Waals surface area (Å²) in [5.74, 6) is 0. The predicted molar refractivity (Wildman–Crippen MR) is 66.1 cm³/mol. The van der Waals surface area contributed by atoms with Crippen LogP contribution in [0.2, 0.25) is 5.15 Å². The number of aryl methyl sites for hydroxylation is 3. The Morgan fingerprint density at radius 1 is 1.50 bits per heavy atom. The summed E-state index contributed by atoms with van der Waals surface area (Å²) in [7, 11) is 1.77. The molecule has 2 rings (SSSR count). The SMILES string of the molecule is Cc1cc(C(O)c2c(C)nn(C)c2Cl)cs1. The Morgan fingerprint density at radius 3 is 2.62 bits per heavy atom. The van der Waals surface area contributed by atoms with Gasteiger partial charge in [-0.3, -0.25) is 4.68 Å². The van der Waals surface area contributed by atoms with Gasteiger partial charge in [0.1, 0.15) is 11.3 Å². The van der Waals surface area contributed by atoms with Crippen LogP contribution in [0.25, 0.3) is 0 Å². The minimum absolute atomic E-state index is 0.494. The third-order valence-corrected chi connectivity index (χ3v) is 3.86. The molecule has 0 fully saturated rings. The van der Waals surface area contributed by atoms with Crippen LogP contribution in [0.1, 0.15) is 27.8 Å². The Hall–Kier alpha value is -0.840. The number of aromatic nitrogens is 2. The molecule has 2 heterocycles. The smallest absolute Gasteiger partial charge is 0.133 e. The highest BCUT2D eigenvalue weighted by Crippen LogP contribution is 2.32. The van der Waals surface area contributed by atoms with Crippen LogP contribution in [-0.2, 0) is 7.05 Å². The van der Waals surface area contributed by atoms with Crippen molar-refractivity contribution in [3.8, 4) is 0 Å². The molecular weight excluding hydrogens is 244 g/mol. The van der Waals surface area contributed by atoms with Gasteiger partial charge in [-0.2, -0.15) is 5.10 Å². The van der Waals surface area contributed by atoms with Crippen LogP contribution >= 0.6 is 22.9 Å². The molecular formula is C11H13ClN2OS. The zero-order chi connectivity index (χ0) is 11.9. The van der Waals surface area contributed by atoms with Gasteiger partial charge in [-0.05, 0) is 30.9 Å². The molecule has 0 bridgehead atoms. The van der Waals surface area contributed by atoms with Crippen LogP contribution in [0.5, 0.6) is 0 Å². The second-order valence-corrected chi connectivity index (χ2v) is 5.28. The number of nitrogens with zero attached hydrogens (tertiary/aromatic N) is 2. The van der Waals surface area contributed by atoms with Crippen LogP contribution in [-0.4, -0.2) is 14.9 Å². The Bertz CT molecular complexity index is 518. The second-order valence-electron chi connectivity index (χ2n) is 3.81. The van der Waals surface area contributed by atoms with Crippen LogP contribution in [0.15, 0.2) is 11.4 Å². The van der Waals surface area contributed by atoms with Gasteiger partial charge in [0.2, 0.25) is 0 Å². The lowest BCUT2D eigenvalue weighted by Crippen LogP contribution is -1.99. The normalized spacial score (nSPS) is 13.1. The maximum absolute atomic E-state index is 10.2. The van der Waals surface area contributed by atoms with E-state index in [0.29, 0.717) is 10.7 Å². The minimum atomic E-state index is -0.689. The molecule has 3 nitrogen and oxygen atoms in total. The molecule has 0 aliphatic heterocycles. The molecule has 1 unspecified atom stereocenters. The highest BCUT2D eigenvalue weighted by molar-refractivity contribution is 7.10. The Balaban J connectivity index is 2.44. The number of aliphatic hydroxyl groups excluding tert-OH is 1. The van der Waals surface area contributed by atoms with Crippen LogP contribution in [0.4, 0.5) is 0 Å². The lowest BCUT2D eigenvalue weighted by molar-refractivity contribution is 0.220. The number of hydrogen-bond acceptors (Lipinski definition) is 3. The average Bonchev–Trinajstić information content (AvgIpc) is 2.73. The van der Waals surface area contributed by atoms with Gasteiger partial charge in [0.15, 0.2) is 0 Å². The first-order valence-corrected chi connectivity index (χ1v) is 6.18. The number of hydrogen-bond donors (Lipinski definition) is 1. The van der Waals surface area contributed by atoms with E-state index < -0.39 is 6.10 Å². The van der Waals surface area contributed by atoms with Gasteiger partial charge >= 0.3 is 0 Å². The summed E-state index contributed by atoms with van der Waals surface area (Å²) >= 11 is 7.73. The van der Waals surface area contributed by atoms with Crippen molar-refractivity contribution in [3.63, 3.8) is 0 Å². The van der Waals surface area contributed by atoms with E-state index >= 15 is 0 Å². The molecule has 0 saturated heterocycles. The standard InChI is InChI=1S/C11H13ClN2OS/c1-6-4-8(5-16-6)10(15)9-7(2)13-14(3)11(9)12/h4-5,10,15H,1-3H3. The zero-order valence-electron chi connectivity index (χ0n) is 9.36. The van der Waals surface area contributed by atoms with Crippen molar-refractivity contribution in [2.45, 2.75) is 20.0 Å². The molecule has 0 saturated carbocycles.